The molecule has 0 aromatic heterocycles. The van der Waals surface area contributed by atoms with Crippen LogP contribution in [0.3, 0.4) is 0 Å². The van der Waals surface area contributed by atoms with Crippen LogP contribution in [0.25, 0.3) is 0 Å². The van der Waals surface area contributed by atoms with Crippen LogP contribution < -0.4 is 5.73 Å². The Labute approximate surface area is 115 Å². The van der Waals surface area contributed by atoms with E-state index in [0.29, 0.717) is 18.9 Å². The van der Waals surface area contributed by atoms with Gasteiger partial charge in [-0.25, -0.2) is 0 Å². The largest absolute Gasteiger partial charge is 0.370 e. The molecule has 5 heteroatoms. The van der Waals surface area contributed by atoms with Gasteiger partial charge in [-0.1, -0.05) is 0 Å². The van der Waals surface area contributed by atoms with Crippen molar-refractivity contribution in [3.63, 3.8) is 0 Å². The predicted molar refractivity (Wildman–Crippen MR) is 77.0 cm³/mol. The molecule has 0 saturated carbocycles. The van der Waals surface area contributed by atoms with Gasteiger partial charge in [0.05, 0.1) is 6.54 Å². The molecule has 0 atom stereocenters. The minimum absolute atomic E-state index is 0.231. The maximum absolute atomic E-state index is 12.0. The number of aliphatic imine (C=N–C) groups is 1. The zero-order chi connectivity index (χ0) is 13.5. The van der Waals surface area contributed by atoms with Gasteiger partial charge in [0.2, 0.25) is 5.91 Å². The minimum Gasteiger partial charge on any atom is -0.370 e. The van der Waals surface area contributed by atoms with Crippen molar-refractivity contribution in [2.24, 2.45) is 10.7 Å². The monoisotopic (exact) mass is 266 g/mol. The van der Waals surface area contributed by atoms with Gasteiger partial charge < -0.3 is 15.5 Å². The third-order valence-corrected chi connectivity index (χ3v) is 3.99. The molecular formula is C14H26N4O. The Morgan fingerprint density at radius 2 is 1.42 bits per heavy atom. The van der Waals surface area contributed by atoms with E-state index in [-0.39, 0.29) is 5.91 Å². The summed E-state index contributed by atoms with van der Waals surface area (Å²) in [5.41, 5.74) is 5.96. The highest BCUT2D eigenvalue weighted by atomic mass is 16.2. The number of carbonyl (C=O) groups is 1. The number of carbonyl (C=O) groups excluding carboxylic acids is 1. The fraction of sp³-hybridized carbons (Fsp3) is 0.857. The second-order valence-corrected chi connectivity index (χ2v) is 5.48. The van der Waals surface area contributed by atoms with Gasteiger partial charge in [-0.2, -0.15) is 0 Å². The van der Waals surface area contributed by atoms with Crippen LogP contribution in [0.5, 0.6) is 0 Å². The summed E-state index contributed by atoms with van der Waals surface area (Å²) in [6.07, 6.45) is 7.72. The van der Waals surface area contributed by atoms with Gasteiger partial charge in [0, 0.05) is 32.6 Å². The Morgan fingerprint density at radius 1 is 0.895 bits per heavy atom. The van der Waals surface area contributed by atoms with Crippen molar-refractivity contribution < 1.29 is 4.79 Å². The van der Waals surface area contributed by atoms with Crippen LogP contribution in [0.2, 0.25) is 0 Å². The summed E-state index contributed by atoms with van der Waals surface area (Å²) in [5.74, 6) is 0.848. The van der Waals surface area contributed by atoms with Crippen LogP contribution >= 0.6 is 0 Å². The molecule has 2 fully saturated rings. The molecule has 0 aromatic rings. The molecule has 2 aliphatic rings. The number of nitrogens with zero attached hydrogens (tertiary/aromatic N) is 3. The average Bonchev–Trinajstić information content (AvgIpc) is 2.49. The molecule has 0 aliphatic carbocycles. The van der Waals surface area contributed by atoms with E-state index in [1.54, 1.807) is 0 Å². The second kappa shape index (κ2) is 7.36. The second-order valence-electron chi connectivity index (χ2n) is 5.48. The minimum atomic E-state index is 0.231. The fourth-order valence-corrected chi connectivity index (χ4v) is 2.79. The molecule has 0 bridgehead atoms. The van der Waals surface area contributed by atoms with E-state index < -0.39 is 0 Å². The highest BCUT2D eigenvalue weighted by Gasteiger charge is 2.16. The quantitative estimate of drug-likeness (QED) is 0.616. The zero-order valence-electron chi connectivity index (χ0n) is 11.8. The van der Waals surface area contributed by atoms with Crippen LogP contribution in [0.4, 0.5) is 0 Å². The average molecular weight is 266 g/mol. The van der Waals surface area contributed by atoms with Crippen LogP contribution in [0.15, 0.2) is 4.99 Å². The summed E-state index contributed by atoms with van der Waals surface area (Å²) in [6, 6.07) is 0. The predicted octanol–water partition coefficient (Wildman–Crippen LogP) is 1.19. The highest BCUT2D eigenvalue weighted by molar-refractivity contribution is 5.79. The maximum Gasteiger partial charge on any atom is 0.224 e. The standard InChI is InChI=1S/C14H26N4O/c15-14(18-11-5-2-6-12-18)16-8-7-13(19)17-9-3-1-4-10-17/h1-12H2,(H2,15,16). The van der Waals surface area contributed by atoms with Gasteiger partial charge in [0.15, 0.2) is 5.96 Å². The molecule has 2 heterocycles. The first kappa shape index (κ1) is 14.2. The van der Waals surface area contributed by atoms with Crippen molar-refractivity contribution >= 4 is 11.9 Å². The van der Waals surface area contributed by atoms with E-state index in [2.05, 4.69) is 9.89 Å². The normalized spacial score (nSPS) is 21.6. The summed E-state index contributed by atoms with van der Waals surface area (Å²) >= 11 is 0. The highest BCUT2D eigenvalue weighted by Crippen LogP contribution is 2.10. The number of likely N-dealkylation sites (tertiary alicyclic amines) is 2. The molecular weight excluding hydrogens is 240 g/mol. The van der Waals surface area contributed by atoms with Crippen LogP contribution in [0, 0.1) is 0 Å². The molecule has 2 aliphatic heterocycles. The Morgan fingerprint density at radius 3 is 2.00 bits per heavy atom. The molecule has 0 aromatic carbocycles. The topological polar surface area (TPSA) is 61.9 Å². The molecule has 0 radical (unpaired) electrons. The van der Waals surface area contributed by atoms with Crippen molar-refractivity contribution in [1.29, 1.82) is 0 Å². The molecule has 5 nitrogen and oxygen atoms in total. The van der Waals surface area contributed by atoms with Crippen molar-refractivity contribution in [2.75, 3.05) is 32.7 Å². The Bertz CT molecular complexity index is 317. The lowest BCUT2D eigenvalue weighted by Gasteiger charge is -2.28. The van der Waals surface area contributed by atoms with E-state index >= 15 is 0 Å². The van der Waals surface area contributed by atoms with Crippen molar-refractivity contribution in [1.82, 2.24) is 9.80 Å². The molecule has 1 amide bonds. The summed E-state index contributed by atoms with van der Waals surface area (Å²) in [5, 5.41) is 0. The summed E-state index contributed by atoms with van der Waals surface area (Å²) < 4.78 is 0. The first-order valence-corrected chi connectivity index (χ1v) is 7.60. The SMILES string of the molecule is NC(=NCCC(=O)N1CCCCC1)N1CCCCC1. The smallest absolute Gasteiger partial charge is 0.224 e. The van der Waals surface area contributed by atoms with Crippen LogP contribution in [-0.2, 0) is 4.79 Å². The molecule has 2 N–H and O–H groups in total. The molecule has 2 rings (SSSR count). The van der Waals surface area contributed by atoms with E-state index in [1.165, 1.54) is 25.7 Å². The summed E-state index contributed by atoms with van der Waals surface area (Å²) in [7, 11) is 0. The first-order valence-electron chi connectivity index (χ1n) is 7.60. The maximum atomic E-state index is 12.0. The number of guanidine groups is 1. The number of hydrogen-bond donors (Lipinski definition) is 1. The number of rotatable bonds is 3. The number of hydrogen-bond acceptors (Lipinski definition) is 2. The third-order valence-electron chi connectivity index (χ3n) is 3.99. The number of amides is 1. The van der Waals surface area contributed by atoms with E-state index in [4.69, 9.17) is 5.73 Å². The van der Waals surface area contributed by atoms with Gasteiger partial charge in [0.1, 0.15) is 0 Å². The third kappa shape index (κ3) is 4.40. The summed E-state index contributed by atoms with van der Waals surface area (Å²) in [6.45, 7) is 4.39. The van der Waals surface area contributed by atoms with Gasteiger partial charge in [0.25, 0.3) is 0 Å². The van der Waals surface area contributed by atoms with Crippen molar-refractivity contribution in [3.8, 4) is 0 Å². The van der Waals surface area contributed by atoms with E-state index in [9.17, 15) is 4.79 Å². The van der Waals surface area contributed by atoms with Crippen molar-refractivity contribution in [2.45, 2.75) is 44.9 Å². The fourth-order valence-electron chi connectivity index (χ4n) is 2.79. The molecule has 2 saturated heterocycles. The van der Waals surface area contributed by atoms with Gasteiger partial charge in [-0.05, 0) is 38.5 Å². The molecule has 0 spiro atoms. The van der Waals surface area contributed by atoms with E-state index in [1.807, 2.05) is 4.90 Å². The molecule has 108 valence electrons. The zero-order valence-corrected chi connectivity index (χ0v) is 11.8. The lowest BCUT2D eigenvalue weighted by molar-refractivity contribution is -0.131. The lowest BCUT2D eigenvalue weighted by Crippen LogP contribution is -2.41. The van der Waals surface area contributed by atoms with Gasteiger partial charge >= 0.3 is 0 Å². The lowest BCUT2D eigenvalue weighted by atomic mass is 10.1. The van der Waals surface area contributed by atoms with E-state index in [0.717, 1.165) is 39.0 Å². The van der Waals surface area contributed by atoms with Crippen LogP contribution in [0.1, 0.15) is 44.9 Å². The Balaban J connectivity index is 1.70. The van der Waals surface area contributed by atoms with Gasteiger partial charge in [-0.3, -0.25) is 9.79 Å². The van der Waals surface area contributed by atoms with Crippen LogP contribution in [-0.4, -0.2) is 54.4 Å². The number of nitrogens with two attached hydrogens (primary N) is 1. The first-order chi connectivity index (χ1) is 9.27. The molecule has 19 heavy (non-hydrogen) atoms. The molecule has 0 unspecified atom stereocenters. The van der Waals surface area contributed by atoms with Crippen molar-refractivity contribution in [3.05, 3.63) is 0 Å². The Kier molecular flexibility index (Phi) is 5.48. The number of piperidine rings is 2. The summed E-state index contributed by atoms with van der Waals surface area (Å²) in [4.78, 5) is 20.4. The Hall–Kier alpha value is -1.26. The van der Waals surface area contributed by atoms with Gasteiger partial charge in [-0.15, -0.1) is 0 Å².